The van der Waals surface area contributed by atoms with Crippen molar-refractivity contribution in [1.82, 2.24) is 9.80 Å². The second-order valence-corrected chi connectivity index (χ2v) is 7.52. The second-order valence-electron chi connectivity index (χ2n) is 7.52. The Morgan fingerprint density at radius 1 is 1.06 bits per heavy atom. The summed E-state index contributed by atoms with van der Waals surface area (Å²) in [5.41, 5.74) is -5.59. The Hall–Kier alpha value is -2.34. The number of benzene rings is 1. The molecular weight excluding hydrogens is 434 g/mol. The fourth-order valence-corrected chi connectivity index (χ4v) is 3.99. The number of nitrogens with zero attached hydrogens (tertiary/aromatic N) is 2. The highest BCUT2D eigenvalue weighted by Gasteiger charge is 2.54. The summed E-state index contributed by atoms with van der Waals surface area (Å²) in [5, 5.41) is 9.51. The predicted octanol–water partition coefficient (Wildman–Crippen LogP) is 3.46. The minimum Gasteiger partial charge on any atom is -0.480 e. The van der Waals surface area contributed by atoms with Crippen LogP contribution in [0, 0.1) is 0 Å². The number of carbonyl (C=O) groups excluding carboxylic acids is 1. The molecule has 2 aliphatic rings. The van der Waals surface area contributed by atoms with E-state index in [2.05, 4.69) is 0 Å². The van der Waals surface area contributed by atoms with Gasteiger partial charge in [0.1, 0.15) is 5.72 Å². The summed E-state index contributed by atoms with van der Waals surface area (Å²) in [7, 11) is 0. The molecule has 1 aromatic rings. The molecular formula is C19H20F6N2O4. The molecule has 2 aliphatic heterocycles. The van der Waals surface area contributed by atoms with E-state index in [-0.39, 0.29) is 18.9 Å². The summed E-state index contributed by atoms with van der Waals surface area (Å²) in [6, 6.07) is -0.987. The maximum absolute atomic E-state index is 13.2. The zero-order valence-electron chi connectivity index (χ0n) is 16.4. The van der Waals surface area contributed by atoms with E-state index in [1.165, 1.54) is 0 Å². The number of halogens is 6. The number of carbonyl (C=O) groups is 2. The van der Waals surface area contributed by atoms with Crippen LogP contribution in [0.2, 0.25) is 0 Å². The fraction of sp³-hybridized carbons (Fsp3) is 0.579. The van der Waals surface area contributed by atoms with Crippen LogP contribution in [-0.4, -0.2) is 64.8 Å². The van der Waals surface area contributed by atoms with Crippen LogP contribution in [0.5, 0.6) is 0 Å². The average Bonchev–Trinajstić information content (AvgIpc) is 3.05. The molecule has 3 rings (SSSR count). The molecule has 0 aliphatic carbocycles. The Morgan fingerprint density at radius 3 is 2.00 bits per heavy atom. The lowest BCUT2D eigenvalue weighted by Gasteiger charge is -2.44. The van der Waals surface area contributed by atoms with Gasteiger partial charge in [0.05, 0.1) is 17.7 Å². The van der Waals surface area contributed by atoms with Gasteiger partial charge < -0.3 is 14.7 Å². The molecule has 1 unspecified atom stereocenters. The van der Waals surface area contributed by atoms with Crippen molar-refractivity contribution in [2.24, 2.45) is 0 Å². The molecule has 172 valence electrons. The molecule has 1 atom stereocenters. The van der Waals surface area contributed by atoms with Gasteiger partial charge in [0.25, 0.3) is 5.91 Å². The number of likely N-dealkylation sites (tertiary alicyclic amines) is 1. The Morgan fingerprint density at radius 2 is 1.58 bits per heavy atom. The molecule has 1 amide bonds. The topological polar surface area (TPSA) is 70.1 Å². The first kappa shape index (κ1) is 23.3. The maximum atomic E-state index is 13.2. The lowest BCUT2D eigenvalue weighted by atomic mass is 9.96. The highest BCUT2D eigenvalue weighted by molar-refractivity contribution is 5.98. The smallest absolute Gasteiger partial charge is 0.416 e. The van der Waals surface area contributed by atoms with Gasteiger partial charge in [0.15, 0.2) is 6.04 Å². The van der Waals surface area contributed by atoms with Crippen LogP contribution < -0.4 is 0 Å². The van der Waals surface area contributed by atoms with Gasteiger partial charge in [-0.05, 0) is 24.7 Å². The number of piperidine rings is 1. The maximum Gasteiger partial charge on any atom is 0.416 e. The Labute approximate surface area is 173 Å². The van der Waals surface area contributed by atoms with E-state index in [9.17, 15) is 41.0 Å². The Bertz CT molecular complexity index is 830. The molecule has 0 aromatic heterocycles. The van der Waals surface area contributed by atoms with Crippen molar-refractivity contribution in [3.8, 4) is 0 Å². The Balaban J connectivity index is 2.07. The second kappa shape index (κ2) is 7.97. The summed E-state index contributed by atoms with van der Waals surface area (Å²) in [6.07, 6.45) is -9.90. The average molecular weight is 454 g/mol. The first-order valence-corrected chi connectivity index (χ1v) is 9.51. The summed E-state index contributed by atoms with van der Waals surface area (Å²) in [6.45, 7) is 3.05. The summed E-state index contributed by atoms with van der Waals surface area (Å²) in [4.78, 5) is 27.7. The third kappa shape index (κ3) is 4.49. The van der Waals surface area contributed by atoms with Gasteiger partial charge in [-0.15, -0.1) is 0 Å². The largest absolute Gasteiger partial charge is 0.480 e. The van der Waals surface area contributed by atoms with Gasteiger partial charge in [-0.1, -0.05) is 6.92 Å². The van der Waals surface area contributed by atoms with Crippen molar-refractivity contribution < 1.29 is 45.8 Å². The van der Waals surface area contributed by atoms with E-state index >= 15 is 0 Å². The van der Waals surface area contributed by atoms with Crippen LogP contribution in [0.15, 0.2) is 18.2 Å². The van der Waals surface area contributed by atoms with Crippen molar-refractivity contribution in [2.45, 2.75) is 43.9 Å². The zero-order chi connectivity index (χ0) is 23.2. The predicted molar refractivity (Wildman–Crippen MR) is 94.1 cm³/mol. The van der Waals surface area contributed by atoms with Gasteiger partial charge in [-0.25, -0.2) is 4.79 Å². The molecule has 1 aromatic carbocycles. The minimum absolute atomic E-state index is 0.0819. The number of carboxylic acids is 1. The lowest BCUT2D eigenvalue weighted by molar-refractivity contribution is -0.145. The van der Waals surface area contributed by atoms with Crippen LogP contribution in [0.25, 0.3) is 0 Å². The number of hydrogen-bond acceptors (Lipinski definition) is 4. The standard InChI is InChI=1S/C19H20F6N2O4/c1-2-26-5-3-17(4-6-26)27(14(10-31-17)16(29)30)15(28)11-7-12(18(20,21)22)9-13(8-11)19(23,24)25/h7-9,14H,2-6,10H2,1H3,(H,29,30). The minimum atomic E-state index is -5.13. The van der Waals surface area contributed by atoms with Gasteiger partial charge in [-0.2, -0.15) is 26.3 Å². The SMILES string of the molecule is CCN1CCC2(CC1)OCC(C(=O)O)N2C(=O)c1cc(C(F)(F)F)cc(C(F)(F)F)c1. The van der Waals surface area contributed by atoms with E-state index in [1.54, 1.807) is 0 Å². The number of aliphatic carboxylic acids is 1. The number of alkyl halides is 6. The van der Waals surface area contributed by atoms with Crippen LogP contribution in [0.4, 0.5) is 26.3 Å². The third-order valence-electron chi connectivity index (χ3n) is 5.68. The normalized spacial score (nSPS) is 22.2. The number of carboxylic acid groups (broad SMARTS) is 1. The molecule has 6 nitrogen and oxygen atoms in total. The molecule has 2 fully saturated rings. The first-order valence-electron chi connectivity index (χ1n) is 9.51. The number of rotatable bonds is 3. The van der Waals surface area contributed by atoms with Crippen LogP contribution in [0.3, 0.4) is 0 Å². The molecule has 12 heteroatoms. The van der Waals surface area contributed by atoms with Gasteiger partial charge >= 0.3 is 18.3 Å². The van der Waals surface area contributed by atoms with E-state index < -0.39 is 59.3 Å². The molecule has 1 spiro atoms. The first-order chi connectivity index (χ1) is 14.3. The zero-order valence-corrected chi connectivity index (χ0v) is 16.4. The third-order valence-corrected chi connectivity index (χ3v) is 5.68. The van der Waals surface area contributed by atoms with E-state index in [4.69, 9.17) is 4.74 Å². The molecule has 2 saturated heterocycles. The van der Waals surface area contributed by atoms with Gasteiger partial charge in [-0.3, -0.25) is 9.69 Å². The summed E-state index contributed by atoms with van der Waals surface area (Å²) < 4.78 is 84.8. The quantitative estimate of drug-likeness (QED) is 0.709. The van der Waals surface area contributed by atoms with Gasteiger partial charge in [0, 0.05) is 31.5 Å². The van der Waals surface area contributed by atoms with Gasteiger partial charge in [0.2, 0.25) is 0 Å². The highest BCUT2D eigenvalue weighted by Crippen LogP contribution is 2.40. The van der Waals surface area contributed by atoms with E-state index in [1.807, 2.05) is 11.8 Å². The molecule has 2 heterocycles. The molecule has 0 saturated carbocycles. The number of amides is 1. The fourth-order valence-electron chi connectivity index (χ4n) is 3.99. The van der Waals surface area contributed by atoms with Crippen LogP contribution in [0.1, 0.15) is 41.3 Å². The van der Waals surface area contributed by atoms with E-state index in [0.29, 0.717) is 31.8 Å². The van der Waals surface area contributed by atoms with E-state index in [0.717, 1.165) is 4.90 Å². The Kier molecular flexibility index (Phi) is 6.00. The van der Waals surface area contributed by atoms with Crippen LogP contribution >= 0.6 is 0 Å². The summed E-state index contributed by atoms with van der Waals surface area (Å²) >= 11 is 0. The van der Waals surface area contributed by atoms with Crippen molar-refractivity contribution >= 4 is 11.9 Å². The lowest BCUT2D eigenvalue weighted by Crippen LogP contribution is -2.58. The highest BCUT2D eigenvalue weighted by atomic mass is 19.4. The monoisotopic (exact) mass is 454 g/mol. The van der Waals surface area contributed by atoms with Crippen molar-refractivity contribution in [3.05, 3.63) is 34.9 Å². The molecule has 0 bridgehead atoms. The molecule has 0 radical (unpaired) electrons. The number of ether oxygens (including phenoxy) is 1. The molecule has 1 N–H and O–H groups in total. The van der Waals surface area contributed by atoms with Crippen molar-refractivity contribution in [3.63, 3.8) is 0 Å². The van der Waals surface area contributed by atoms with Crippen LogP contribution in [-0.2, 0) is 21.9 Å². The summed E-state index contributed by atoms with van der Waals surface area (Å²) in [5.74, 6) is -2.70. The molecule has 31 heavy (non-hydrogen) atoms. The van der Waals surface area contributed by atoms with Crippen molar-refractivity contribution in [2.75, 3.05) is 26.2 Å². The number of hydrogen-bond donors (Lipinski definition) is 1. The van der Waals surface area contributed by atoms with Crippen molar-refractivity contribution in [1.29, 1.82) is 0 Å².